The van der Waals surface area contributed by atoms with E-state index in [1.165, 1.54) is 0 Å². The van der Waals surface area contributed by atoms with Crippen molar-refractivity contribution in [3.8, 4) is 0 Å². The van der Waals surface area contributed by atoms with Crippen LogP contribution in [0.15, 0.2) is 0 Å². The van der Waals surface area contributed by atoms with Crippen molar-refractivity contribution < 1.29 is 9.53 Å². The number of hydrogen-bond acceptors (Lipinski definition) is 3. The number of aromatic nitrogens is 1. The molecule has 1 saturated carbocycles. The van der Waals surface area contributed by atoms with Crippen LogP contribution in [0.5, 0.6) is 0 Å². The standard InChI is InChI=1S/C16H19Cl3N2O2/c1-8-3-6-11-12(8)20-13(10-4-5-10)9(2)14(11)21-15(22)23-7-16(17,18)19/h8,10H,3-7H2,1-2H3,(H,20,21,22). The lowest BCUT2D eigenvalue weighted by Gasteiger charge is -2.18. The summed E-state index contributed by atoms with van der Waals surface area (Å²) in [6.45, 7) is 3.89. The predicted octanol–water partition coefficient (Wildman–Crippen LogP) is 5.24. The van der Waals surface area contributed by atoms with Crippen molar-refractivity contribution in [1.82, 2.24) is 4.98 Å². The lowest BCUT2D eigenvalue weighted by Crippen LogP contribution is -2.22. The van der Waals surface area contributed by atoms with Gasteiger partial charge in [0.25, 0.3) is 0 Å². The molecule has 7 heteroatoms. The van der Waals surface area contributed by atoms with Gasteiger partial charge in [-0.25, -0.2) is 4.79 Å². The fourth-order valence-corrected chi connectivity index (χ4v) is 3.29. The predicted molar refractivity (Wildman–Crippen MR) is 92.9 cm³/mol. The lowest BCUT2D eigenvalue weighted by molar-refractivity contribution is 0.164. The van der Waals surface area contributed by atoms with Crippen LogP contribution in [0.25, 0.3) is 0 Å². The van der Waals surface area contributed by atoms with E-state index >= 15 is 0 Å². The summed E-state index contributed by atoms with van der Waals surface area (Å²) in [6.07, 6.45) is 3.69. The summed E-state index contributed by atoms with van der Waals surface area (Å²) in [5.41, 5.74) is 5.19. The van der Waals surface area contributed by atoms with Crippen molar-refractivity contribution in [2.45, 2.75) is 55.2 Å². The maximum absolute atomic E-state index is 12.1. The van der Waals surface area contributed by atoms with Gasteiger partial charge in [-0.2, -0.15) is 0 Å². The first-order valence-electron chi connectivity index (χ1n) is 7.80. The molecule has 0 saturated heterocycles. The first-order chi connectivity index (χ1) is 10.8. The monoisotopic (exact) mass is 376 g/mol. The molecule has 0 aromatic carbocycles. The number of nitrogens with zero attached hydrogens (tertiary/aromatic N) is 1. The Morgan fingerprint density at radius 1 is 1.30 bits per heavy atom. The van der Waals surface area contributed by atoms with Gasteiger partial charge in [-0.1, -0.05) is 41.7 Å². The number of pyridine rings is 1. The second kappa shape index (κ2) is 6.30. The molecule has 1 aromatic heterocycles. The van der Waals surface area contributed by atoms with E-state index in [2.05, 4.69) is 12.2 Å². The van der Waals surface area contributed by atoms with Gasteiger partial charge in [-0.15, -0.1) is 0 Å². The molecule has 0 bridgehead atoms. The van der Waals surface area contributed by atoms with Crippen LogP contribution in [0.3, 0.4) is 0 Å². The maximum atomic E-state index is 12.1. The third-order valence-electron chi connectivity index (χ3n) is 4.46. The Balaban J connectivity index is 1.86. The summed E-state index contributed by atoms with van der Waals surface area (Å²) in [7, 11) is 0. The van der Waals surface area contributed by atoms with Gasteiger partial charge < -0.3 is 4.74 Å². The Morgan fingerprint density at radius 3 is 2.61 bits per heavy atom. The molecule has 23 heavy (non-hydrogen) atoms. The minimum absolute atomic E-state index is 0.290. The second-order valence-electron chi connectivity index (χ2n) is 6.39. The summed E-state index contributed by atoms with van der Waals surface area (Å²) >= 11 is 16.8. The van der Waals surface area contributed by atoms with Gasteiger partial charge in [-0.05, 0) is 49.7 Å². The molecule has 1 unspecified atom stereocenters. The SMILES string of the molecule is Cc1c(C2CC2)nc2c(c1NC(=O)OCC(Cl)(Cl)Cl)CCC2C. The van der Waals surface area contributed by atoms with Crippen LogP contribution in [0.4, 0.5) is 10.5 Å². The highest BCUT2D eigenvalue weighted by Crippen LogP contribution is 2.46. The number of rotatable bonds is 3. The van der Waals surface area contributed by atoms with Crippen LogP contribution in [0, 0.1) is 6.92 Å². The van der Waals surface area contributed by atoms with Gasteiger partial charge in [0, 0.05) is 17.3 Å². The van der Waals surface area contributed by atoms with Gasteiger partial charge in [-0.3, -0.25) is 10.3 Å². The van der Waals surface area contributed by atoms with Gasteiger partial charge in [0.1, 0.15) is 6.61 Å². The summed E-state index contributed by atoms with van der Waals surface area (Å²) in [6, 6.07) is 0. The highest BCUT2D eigenvalue weighted by molar-refractivity contribution is 6.67. The average Bonchev–Trinajstić information content (AvgIpc) is 3.23. The van der Waals surface area contributed by atoms with Crippen molar-refractivity contribution in [3.63, 3.8) is 0 Å². The van der Waals surface area contributed by atoms with E-state index in [1.807, 2.05) is 6.92 Å². The number of anilines is 1. The molecule has 4 nitrogen and oxygen atoms in total. The Morgan fingerprint density at radius 2 is 2.00 bits per heavy atom. The number of nitrogens with one attached hydrogen (secondary N) is 1. The Hall–Kier alpha value is -0.710. The molecule has 2 aliphatic rings. The number of carbonyl (C=O) groups is 1. The van der Waals surface area contributed by atoms with E-state index in [1.54, 1.807) is 0 Å². The van der Waals surface area contributed by atoms with Crippen molar-refractivity contribution >= 4 is 46.6 Å². The molecular formula is C16H19Cl3N2O2. The molecule has 2 aliphatic carbocycles. The highest BCUT2D eigenvalue weighted by Gasteiger charge is 2.33. The lowest BCUT2D eigenvalue weighted by atomic mass is 10.0. The zero-order chi connectivity index (χ0) is 16.8. The molecule has 0 spiro atoms. The molecule has 1 fully saturated rings. The summed E-state index contributed by atoms with van der Waals surface area (Å²) < 4.78 is 3.39. The third-order valence-corrected chi connectivity index (χ3v) is 4.79. The van der Waals surface area contributed by atoms with Crippen LogP contribution in [-0.4, -0.2) is 21.5 Å². The minimum Gasteiger partial charge on any atom is -0.445 e. The van der Waals surface area contributed by atoms with E-state index < -0.39 is 9.89 Å². The van der Waals surface area contributed by atoms with Crippen molar-refractivity contribution in [2.75, 3.05) is 11.9 Å². The minimum atomic E-state index is -1.61. The first-order valence-corrected chi connectivity index (χ1v) is 8.93. The zero-order valence-corrected chi connectivity index (χ0v) is 15.4. The largest absolute Gasteiger partial charge is 0.445 e. The molecule has 126 valence electrons. The molecule has 0 radical (unpaired) electrons. The third kappa shape index (κ3) is 3.86. The topological polar surface area (TPSA) is 51.2 Å². The number of fused-ring (bicyclic) bond motifs is 1. The number of halogens is 3. The normalized spacial score (nSPS) is 20.3. The molecule has 1 heterocycles. The quantitative estimate of drug-likeness (QED) is 0.733. The summed E-state index contributed by atoms with van der Waals surface area (Å²) in [5, 5.41) is 2.85. The molecule has 1 aromatic rings. The number of amides is 1. The van der Waals surface area contributed by atoms with E-state index in [4.69, 9.17) is 44.5 Å². The van der Waals surface area contributed by atoms with Crippen LogP contribution in [0.2, 0.25) is 0 Å². The summed E-state index contributed by atoms with van der Waals surface area (Å²) in [4.78, 5) is 17.0. The molecule has 1 atom stereocenters. The number of alkyl halides is 3. The van der Waals surface area contributed by atoms with Crippen molar-refractivity contribution in [2.24, 2.45) is 0 Å². The van der Waals surface area contributed by atoms with Crippen molar-refractivity contribution in [1.29, 1.82) is 0 Å². The molecular weight excluding hydrogens is 359 g/mol. The van der Waals surface area contributed by atoms with Gasteiger partial charge in [0.2, 0.25) is 3.79 Å². The zero-order valence-electron chi connectivity index (χ0n) is 13.1. The Bertz CT molecular complexity index is 638. The smallest absolute Gasteiger partial charge is 0.411 e. The second-order valence-corrected chi connectivity index (χ2v) is 8.91. The summed E-state index contributed by atoms with van der Waals surface area (Å²) in [5.74, 6) is 0.937. The van der Waals surface area contributed by atoms with Gasteiger partial charge >= 0.3 is 6.09 Å². The molecule has 0 aliphatic heterocycles. The van der Waals surface area contributed by atoms with E-state index in [0.717, 1.165) is 53.9 Å². The van der Waals surface area contributed by atoms with Crippen LogP contribution >= 0.6 is 34.8 Å². The fourth-order valence-electron chi connectivity index (χ4n) is 3.13. The molecule has 3 rings (SSSR count). The van der Waals surface area contributed by atoms with Crippen LogP contribution < -0.4 is 5.32 Å². The average molecular weight is 378 g/mol. The van der Waals surface area contributed by atoms with E-state index in [9.17, 15) is 4.79 Å². The number of hydrogen-bond donors (Lipinski definition) is 1. The number of ether oxygens (including phenoxy) is 1. The van der Waals surface area contributed by atoms with Gasteiger partial charge in [0.15, 0.2) is 0 Å². The van der Waals surface area contributed by atoms with Crippen molar-refractivity contribution in [3.05, 3.63) is 22.5 Å². The molecule has 1 N–H and O–H groups in total. The van der Waals surface area contributed by atoms with Crippen LogP contribution in [0.1, 0.15) is 60.5 Å². The maximum Gasteiger partial charge on any atom is 0.411 e. The Labute approximate surface area is 150 Å². The van der Waals surface area contributed by atoms with Gasteiger partial charge in [0.05, 0.1) is 5.69 Å². The Kier molecular flexibility index (Phi) is 4.69. The van der Waals surface area contributed by atoms with Crippen LogP contribution in [-0.2, 0) is 11.2 Å². The first kappa shape index (κ1) is 17.1. The fraction of sp³-hybridized carbons (Fsp3) is 0.625. The number of carbonyl (C=O) groups excluding carboxylic acids is 1. The van der Waals surface area contributed by atoms with E-state index in [0.29, 0.717) is 11.8 Å². The van der Waals surface area contributed by atoms with E-state index in [-0.39, 0.29) is 6.61 Å². The molecule has 1 amide bonds. The highest BCUT2D eigenvalue weighted by atomic mass is 35.6.